The normalized spacial score (nSPS) is 10.1. The van der Waals surface area contributed by atoms with Crippen molar-refractivity contribution in [3.05, 3.63) is 64.8 Å². The molecule has 0 fully saturated rings. The molecule has 102 valence electrons. The Morgan fingerprint density at radius 3 is 2.45 bits per heavy atom. The summed E-state index contributed by atoms with van der Waals surface area (Å²) in [4.78, 5) is 12.1. The van der Waals surface area contributed by atoms with E-state index in [0.29, 0.717) is 22.5 Å². The van der Waals surface area contributed by atoms with E-state index in [4.69, 9.17) is 9.15 Å². The van der Waals surface area contributed by atoms with Gasteiger partial charge in [0.05, 0.1) is 12.5 Å². The number of rotatable bonds is 2. The molecule has 0 unspecified atom stereocenters. The monoisotopic (exact) mass is 270 g/mol. The first-order valence-corrected chi connectivity index (χ1v) is 5.95. The lowest BCUT2D eigenvalue weighted by Gasteiger charge is -2.04. The maximum absolute atomic E-state index is 12.1. The van der Waals surface area contributed by atoms with E-state index < -0.39 is 0 Å². The van der Waals surface area contributed by atoms with E-state index in [1.807, 2.05) is 30.3 Å². The fraction of sp³-hybridized carbons (Fsp3) is 0.0625. The first kappa shape index (κ1) is 13.8. The van der Waals surface area contributed by atoms with Gasteiger partial charge in [-0.1, -0.05) is 30.3 Å². The predicted octanol–water partition coefficient (Wildman–Crippen LogP) is 2.64. The van der Waals surface area contributed by atoms with Crippen LogP contribution in [0.5, 0.6) is 5.75 Å². The molecule has 20 heavy (non-hydrogen) atoms. The standard InChI is InChI=1S/C16H12O3.H2O/c1-18-12-7-8-15-13(9-12)14(17)10-16(19-15)11-5-3-2-4-6-11;/h2-10H,1H3;1H2. The van der Waals surface area contributed by atoms with E-state index in [1.165, 1.54) is 6.07 Å². The number of methoxy groups -OCH3 is 1. The molecule has 0 spiro atoms. The van der Waals surface area contributed by atoms with Crippen molar-refractivity contribution in [1.82, 2.24) is 0 Å². The molecule has 0 aliphatic heterocycles. The topological polar surface area (TPSA) is 70.9 Å². The van der Waals surface area contributed by atoms with Crippen molar-refractivity contribution >= 4 is 11.0 Å². The molecule has 0 saturated heterocycles. The summed E-state index contributed by atoms with van der Waals surface area (Å²) in [7, 11) is 1.57. The van der Waals surface area contributed by atoms with Gasteiger partial charge in [-0.2, -0.15) is 0 Å². The maximum atomic E-state index is 12.1. The van der Waals surface area contributed by atoms with Crippen LogP contribution in [0.2, 0.25) is 0 Å². The van der Waals surface area contributed by atoms with Gasteiger partial charge in [0.2, 0.25) is 0 Å². The molecular weight excluding hydrogens is 256 g/mol. The number of fused-ring (bicyclic) bond motifs is 1. The third-order valence-corrected chi connectivity index (χ3v) is 2.99. The first-order valence-electron chi connectivity index (χ1n) is 5.95. The number of benzene rings is 2. The summed E-state index contributed by atoms with van der Waals surface area (Å²) < 4.78 is 10.9. The summed E-state index contributed by atoms with van der Waals surface area (Å²) in [6.45, 7) is 0. The lowest BCUT2D eigenvalue weighted by molar-refractivity contribution is 0.415. The molecule has 4 nitrogen and oxygen atoms in total. The highest BCUT2D eigenvalue weighted by Crippen LogP contribution is 2.24. The van der Waals surface area contributed by atoms with Crippen LogP contribution in [0.15, 0.2) is 63.8 Å². The van der Waals surface area contributed by atoms with Crippen LogP contribution in [0, 0.1) is 0 Å². The van der Waals surface area contributed by atoms with Crippen LogP contribution in [-0.4, -0.2) is 12.6 Å². The fourth-order valence-electron chi connectivity index (χ4n) is 2.01. The van der Waals surface area contributed by atoms with Gasteiger partial charge in [-0.15, -0.1) is 0 Å². The molecule has 1 aromatic heterocycles. The molecule has 0 bridgehead atoms. The largest absolute Gasteiger partial charge is 0.497 e. The van der Waals surface area contributed by atoms with Crippen LogP contribution in [0.1, 0.15) is 0 Å². The zero-order valence-electron chi connectivity index (χ0n) is 10.9. The van der Waals surface area contributed by atoms with Gasteiger partial charge in [-0.05, 0) is 18.2 Å². The Kier molecular flexibility index (Phi) is 3.86. The van der Waals surface area contributed by atoms with Gasteiger partial charge in [0, 0.05) is 11.6 Å². The lowest BCUT2D eigenvalue weighted by atomic mass is 10.1. The van der Waals surface area contributed by atoms with E-state index in [1.54, 1.807) is 25.3 Å². The Balaban J connectivity index is 0.00000147. The van der Waals surface area contributed by atoms with Crippen molar-refractivity contribution in [2.75, 3.05) is 7.11 Å². The summed E-state index contributed by atoms with van der Waals surface area (Å²) in [6, 6.07) is 16.3. The van der Waals surface area contributed by atoms with Crippen LogP contribution in [0.4, 0.5) is 0 Å². The van der Waals surface area contributed by atoms with Crippen molar-refractivity contribution < 1.29 is 14.6 Å². The van der Waals surface area contributed by atoms with Crippen molar-refractivity contribution in [3.8, 4) is 17.1 Å². The van der Waals surface area contributed by atoms with Gasteiger partial charge in [-0.25, -0.2) is 0 Å². The minimum atomic E-state index is -0.0704. The number of ether oxygens (including phenoxy) is 1. The average molecular weight is 270 g/mol. The fourth-order valence-corrected chi connectivity index (χ4v) is 2.01. The van der Waals surface area contributed by atoms with Crippen LogP contribution < -0.4 is 10.2 Å². The summed E-state index contributed by atoms with van der Waals surface area (Å²) in [5, 5.41) is 0.527. The van der Waals surface area contributed by atoms with Crippen molar-refractivity contribution in [3.63, 3.8) is 0 Å². The van der Waals surface area contributed by atoms with Gasteiger partial charge in [-0.3, -0.25) is 4.79 Å². The Hall–Kier alpha value is -2.59. The van der Waals surface area contributed by atoms with Crippen LogP contribution in [0.25, 0.3) is 22.3 Å². The second-order valence-corrected chi connectivity index (χ2v) is 4.20. The maximum Gasteiger partial charge on any atom is 0.193 e. The molecule has 0 aliphatic rings. The van der Waals surface area contributed by atoms with Crippen LogP contribution in [-0.2, 0) is 0 Å². The number of hydrogen-bond acceptors (Lipinski definition) is 3. The smallest absolute Gasteiger partial charge is 0.193 e. The van der Waals surface area contributed by atoms with Gasteiger partial charge in [0.25, 0.3) is 0 Å². The molecule has 4 heteroatoms. The van der Waals surface area contributed by atoms with Crippen molar-refractivity contribution in [2.45, 2.75) is 0 Å². The highest BCUT2D eigenvalue weighted by Gasteiger charge is 2.07. The molecule has 0 atom stereocenters. The Morgan fingerprint density at radius 1 is 1.00 bits per heavy atom. The molecular formula is C16H14O4. The lowest BCUT2D eigenvalue weighted by Crippen LogP contribution is -2.00. The van der Waals surface area contributed by atoms with E-state index in [2.05, 4.69) is 0 Å². The van der Waals surface area contributed by atoms with Gasteiger partial charge >= 0.3 is 0 Å². The highest BCUT2D eigenvalue weighted by molar-refractivity contribution is 5.80. The second kappa shape index (κ2) is 5.59. The summed E-state index contributed by atoms with van der Waals surface area (Å²) in [5.41, 5.74) is 1.38. The Morgan fingerprint density at radius 2 is 1.75 bits per heavy atom. The summed E-state index contributed by atoms with van der Waals surface area (Å²) >= 11 is 0. The zero-order chi connectivity index (χ0) is 13.2. The molecule has 1 heterocycles. The molecule has 3 aromatic rings. The minimum Gasteiger partial charge on any atom is -0.497 e. The Labute approximate surface area is 115 Å². The van der Waals surface area contributed by atoms with E-state index in [-0.39, 0.29) is 10.9 Å². The molecule has 0 aliphatic carbocycles. The first-order chi connectivity index (χ1) is 9.28. The third kappa shape index (κ3) is 2.41. The molecule has 2 aromatic carbocycles. The van der Waals surface area contributed by atoms with Crippen LogP contribution in [0.3, 0.4) is 0 Å². The van der Waals surface area contributed by atoms with Crippen molar-refractivity contribution in [1.29, 1.82) is 0 Å². The van der Waals surface area contributed by atoms with E-state index >= 15 is 0 Å². The quantitative estimate of drug-likeness (QED) is 0.718. The average Bonchev–Trinajstić information content (AvgIpc) is 2.48. The third-order valence-electron chi connectivity index (χ3n) is 2.99. The predicted molar refractivity (Wildman–Crippen MR) is 78.1 cm³/mol. The van der Waals surface area contributed by atoms with Gasteiger partial charge in [0.1, 0.15) is 17.1 Å². The SMILES string of the molecule is COc1ccc2oc(-c3ccccc3)cc(=O)c2c1.O. The van der Waals surface area contributed by atoms with E-state index in [9.17, 15) is 4.79 Å². The molecule has 2 N–H and O–H groups in total. The van der Waals surface area contributed by atoms with Gasteiger partial charge < -0.3 is 14.6 Å². The minimum absolute atomic E-state index is 0. The number of hydrogen-bond donors (Lipinski definition) is 0. The second-order valence-electron chi connectivity index (χ2n) is 4.20. The molecule has 0 amide bonds. The van der Waals surface area contributed by atoms with E-state index in [0.717, 1.165) is 5.56 Å². The highest BCUT2D eigenvalue weighted by atomic mass is 16.5. The van der Waals surface area contributed by atoms with Gasteiger partial charge in [0.15, 0.2) is 5.43 Å². The molecule has 0 saturated carbocycles. The summed E-state index contributed by atoms with van der Waals surface area (Å²) in [5.74, 6) is 1.22. The van der Waals surface area contributed by atoms with Crippen LogP contribution >= 0.6 is 0 Å². The van der Waals surface area contributed by atoms with Crippen molar-refractivity contribution in [2.24, 2.45) is 0 Å². The summed E-state index contributed by atoms with van der Waals surface area (Å²) in [6.07, 6.45) is 0. The molecule has 0 radical (unpaired) electrons. The Bertz CT molecular complexity index is 775. The molecule has 3 rings (SSSR count). The zero-order valence-corrected chi connectivity index (χ0v) is 10.9.